The van der Waals surface area contributed by atoms with Crippen LogP contribution in [0.3, 0.4) is 0 Å². The van der Waals surface area contributed by atoms with Gasteiger partial charge in [-0.2, -0.15) is 0 Å². The fourth-order valence-electron chi connectivity index (χ4n) is 3.89. The number of fused-ring (bicyclic) bond motifs is 1. The summed E-state index contributed by atoms with van der Waals surface area (Å²) < 4.78 is 0. The Balaban J connectivity index is 1.58. The van der Waals surface area contributed by atoms with Gasteiger partial charge in [-0.05, 0) is 38.5 Å². The Morgan fingerprint density at radius 1 is 1.29 bits per heavy atom. The second-order valence-corrected chi connectivity index (χ2v) is 6.77. The van der Waals surface area contributed by atoms with Gasteiger partial charge in [-0.25, -0.2) is 9.97 Å². The highest BCUT2D eigenvalue weighted by Gasteiger charge is 2.44. The average Bonchev–Trinajstić information content (AvgIpc) is 3.14. The maximum Gasteiger partial charge on any atom is 0.257 e. The first kappa shape index (κ1) is 13.2. The number of hydrogen-bond donors (Lipinski definition) is 1. The minimum absolute atomic E-state index is 0.0542. The van der Waals surface area contributed by atoms with Gasteiger partial charge in [-0.3, -0.25) is 4.79 Å². The van der Waals surface area contributed by atoms with Crippen LogP contribution >= 0.6 is 0 Å². The van der Waals surface area contributed by atoms with Crippen molar-refractivity contribution in [2.75, 3.05) is 13.1 Å². The normalized spacial score (nSPS) is 31.5. The molecule has 0 aromatic carbocycles. The van der Waals surface area contributed by atoms with E-state index < -0.39 is 0 Å². The highest BCUT2D eigenvalue weighted by atomic mass is 16.3. The maximum absolute atomic E-state index is 12.8. The lowest BCUT2D eigenvalue weighted by Gasteiger charge is -2.19. The van der Waals surface area contributed by atoms with Crippen molar-refractivity contribution in [2.45, 2.75) is 44.6 Å². The third-order valence-electron chi connectivity index (χ3n) is 5.24. The molecule has 3 fully saturated rings. The maximum atomic E-state index is 12.8. The Morgan fingerprint density at radius 2 is 2.10 bits per heavy atom. The predicted octanol–water partition coefficient (Wildman–Crippen LogP) is 1.51. The first-order valence-electron chi connectivity index (χ1n) is 7.94. The third kappa shape index (κ3) is 2.24. The number of amides is 1. The van der Waals surface area contributed by atoms with Gasteiger partial charge in [-0.15, -0.1) is 0 Å². The molecule has 1 aromatic rings. The number of nitrogens with zero attached hydrogens (tertiary/aromatic N) is 3. The summed E-state index contributed by atoms with van der Waals surface area (Å²) >= 11 is 0. The van der Waals surface area contributed by atoms with Crippen molar-refractivity contribution in [3.8, 4) is 0 Å². The van der Waals surface area contributed by atoms with Crippen LogP contribution in [-0.4, -0.2) is 45.1 Å². The smallest absolute Gasteiger partial charge is 0.257 e. The van der Waals surface area contributed by atoms with Crippen molar-refractivity contribution in [2.24, 2.45) is 11.8 Å². The lowest BCUT2D eigenvalue weighted by atomic mass is 10.00. The van der Waals surface area contributed by atoms with Gasteiger partial charge >= 0.3 is 0 Å². The monoisotopic (exact) mass is 287 g/mol. The van der Waals surface area contributed by atoms with Crippen molar-refractivity contribution >= 4 is 5.91 Å². The molecule has 0 bridgehead atoms. The molecule has 5 nitrogen and oxygen atoms in total. The molecule has 2 aliphatic carbocycles. The van der Waals surface area contributed by atoms with E-state index in [0.717, 1.165) is 43.7 Å². The number of hydrogen-bond acceptors (Lipinski definition) is 4. The van der Waals surface area contributed by atoms with Gasteiger partial charge in [0.15, 0.2) is 0 Å². The summed E-state index contributed by atoms with van der Waals surface area (Å²) in [6.45, 7) is 3.33. The van der Waals surface area contributed by atoms with Crippen molar-refractivity contribution in [3.63, 3.8) is 0 Å². The Bertz CT molecular complexity index is 585. The van der Waals surface area contributed by atoms with Crippen LogP contribution in [-0.2, 0) is 0 Å². The van der Waals surface area contributed by atoms with Crippen LogP contribution in [0, 0.1) is 18.8 Å². The third-order valence-corrected chi connectivity index (χ3v) is 5.24. The molecule has 4 rings (SSSR count). The van der Waals surface area contributed by atoms with E-state index in [9.17, 15) is 9.90 Å². The SMILES string of the molecule is Cc1ncc(C(=O)N2CC3CCC(O)C3C2)c(C2CC2)n1. The number of likely N-dealkylation sites (tertiary alicyclic amines) is 1. The minimum atomic E-state index is -0.232. The van der Waals surface area contributed by atoms with Gasteiger partial charge in [-0.1, -0.05) is 0 Å². The molecule has 1 amide bonds. The van der Waals surface area contributed by atoms with Gasteiger partial charge in [0.05, 0.1) is 17.4 Å². The average molecular weight is 287 g/mol. The molecule has 1 N–H and O–H groups in total. The van der Waals surface area contributed by atoms with Crippen LogP contribution in [0.25, 0.3) is 0 Å². The first-order valence-corrected chi connectivity index (χ1v) is 7.94. The van der Waals surface area contributed by atoms with E-state index in [1.165, 1.54) is 0 Å². The number of carbonyl (C=O) groups is 1. The summed E-state index contributed by atoms with van der Waals surface area (Å²) in [4.78, 5) is 23.4. The topological polar surface area (TPSA) is 66.3 Å². The van der Waals surface area contributed by atoms with Gasteiger partial charge < -0.3 is 10.0 Å². The Kier molecular flexibility index (Phi) is 2.99. The van der Waals surface area contributed by atoms with Gasteiger partial charge in [0, 0.05) is 31.1 Å². The highest BCUT2D eigenvalue weighted by molar-refractivity contribution is 5.95. The molecule has 2 heterocycles. The molecule has 2 saturated carbocycles. The molecule has 1 aromatic heterocycles. The Morgan fingerprint density at radius 3 is 2.81 bits per heavy atom. The van der Waals surface area contributed by atoms with Gasteiger partial charge in [0.2, 0.25) is 0 Å². The highest BCUT2D eigenvalue weighted by Crippen LogP contribution is 2.42. The van der Waals surface area contributed by atoms with Crippen molar-refractivity contribution in [3.05, 3.63) is 23.3 Å². The number of aliphatic hydroxyl groups is 1. The second kappa shape index (κ2) is 4.77. The molecule has 0 radical (unpaired) electrons. The van der Waals surface area contributed by atoms with E-state index in [-0.39, 0.29) is 17.9 Å². The zero-order valence-electron chi connectivity index (χ0n) is 12.3. The molecule has 112 valence electrons. The van der Waals surface area contributed by atoms with Crippen molar-refractivity contribution in [1.82, 2.24) is 14.9 Å². The lowest BCUT2D eigenvalue weighted by Crippen LogP contribution is -2.32. The quantitative estimate of drug-likeness (QED) is 0.895. The van der Waals surface area contributed by atoms with Crippen LogP contribution in [0.1, 0.15) is 53.5 Å². The van der Waals surface area contributed by atoms with E-state index in [0.29, 0.717) is 23.9 Å². The summed E-state index contributed by atoms with van der Waals surface area (Å²) in [6, 6.07) is 0. The largest absolute Gasteiger partial charge is 0.393 e. The van der Waals surface area contributed by atoms with E-state index in [4.69, 9.17) is 0 Å². The second-order valence-electron chi connectivity index (χ2n) is 6.77. The zero-order chi connectivity index (χ0) is 14.6. The Hall–Kier alpha value is -1.49. The molecule has 3 atom stereocenters. The summed E-state index contributed by atoms with van der Waals surface area (Å²) in [5.41, 5.74) is 1.61. The molecule has 3 unspecified atom stereocenters. The molecule has 0 spiro atoms. The van der Waals surface area contributed by atoms with E-state index >= 15 is 0 Å². The number of aryl methyl sites for hydroxylation is 1. The summed E-state index contributed by atoms with van der Waals surface area (Å²) in [6.07, 6.45) is 5.64. The zero-order valence-corrected chi connectivity index (χ0v) is 12.3. The van der Waals surface area contributed by atoms with E-state index in [1.807, 2.05) is 11.8 Å². The number of aromatic nitrogens is 2. The molecular formula is C16H21N3O2. The van der Waals surface area contributed by atoms with Crippen molar-refractivity contribution < 1.29 is 9.90 Å². The fraction of sp³-hybridized carbons (Fsp3) is 0.688. The summed E-state index contributed by atoms with van der Waals surface area (Å²) in [7, 11) is 0. The van der Waals surface area contributed by atoms with Crippen molar-refractivity contribution in [1.29, 1.82) is 0 Å². The number of aliphatic hydroxyl groups excluding tert-OH is 1. The predicted molar refractivity (Wildman–Crippen MR) is 76.9 cm³/mol. The van der Waals surface area contributed by atoms with Crippen LogP contribution in [0.2, 0.25) is 0 Å². The lowest BCUT2D eigenvalue weighted by molar-refractivity contribution is 0.0750. The molecule has 5 heteroatoms. The molecule has 1 aliphatic heterocycles. The van der Waals surface area contributed by atoms with E-state index in [1.54, 1.807) is 6.20 Å². The van der Waals surface area contributed by atoms with Crippen LogP contribution in [0.4, 0.5) is 0 Å². The van der Waals surface area contributed by atoms with Crippen LogP contribution in [0.5, 0.6) is 0 Å². The minimum Gasteiger partial charge on any atom is -0.393 e. The van der Waals surface area contributed by atoms with Crippen LogP contribution in [0.15, 0.2) is 6.20 Å². The standard InChI is InChI=1S/C16H21N3O2/c1-9-17-6-12(15(18-9)10-2-3-10)16(21)19-7-11-4-5-14(20)13(11)8-19/h6,10-11,13-14,20H,2-5,7-8H2,1H3. The first-order chi connectivity index (χ1) is 10.1. The number of carbonyl (C=O) groups excluding carboxylic acids is 1. The van der Waals surface area contributed by atoms with Gasteiger partial charge in [0.25, 0.3) is 5.91 Å². The number of rotatable bonds is 2. The molecular weight excluding hydrogens is 266 g/mol. The Labute approximate surface area is 124 Å². The summed E-state index contributed by atoms with van der Waals surface area (Å²) in [5.74, 6) is 1.98. The van der Waals surface area contributed by atoms with Gasteiger partial charge in [0.1, 0.15) is 5.82 Å². The molecule has 3 aliphatic rings. The van der Waals surface area contributed by atoms with Crippen LogP contribution < -0.4 is 0 Å². The molecule has 21 heavy (non-hydrogen) atoms. The molecule has 1 saturated heterocycles. The van der Waals surface area contributed by atoms with E-state index in [2.05, 4.69) is 9.97 Å². The summed E-state index contributed by atoms with van der Waals surface area (Å²) in [5, 5.41) is 10.00. The fourth-order valence-corrected chi connectivity index (χ4v) is 3.89.